The van der Waals surface area contributed by atoms with Gasteiger partial charge in [0, 0.05) is 0 Å². The molecule has 0 aliphatic carbocycles. The maximum atomic E-state index is 5.05. The predicted molar refractivity (Wildman–Crippen MR) is 28.4 cm³/mol. The van der Waals surface area contributed by atoms with Gasteiger partial charge in [-0.1, -0.05) is 0 Å². The number of hydrogen-bond acceptors (Lipinski definition) is 6. The first-order valence-corrected chi connectivity index (χ1v) is 3.16. The minimum atomic E-state index is -1.02. The van der Waals surface area contributed by atoms with Crippen molar-refractivity contribution in [1.29, 1.82) is 0 Å². The largest absolute Gasteiger partial charge is 0.315 e. The third kappa shape index (κ3) is 1.24. The van der Waals surface area contributed by atoms with E-state index in [4.69, 9.17) is 14.4 Å². The summed E-state index contributed by atoms with van der Waals surface area (Å²) in [5.41, 5.74) is 0. The summed E-state index contributed by atoms with van der Waals surface area (Å²) in [6.07, 6.45) is -0.690. The summed E-state index contributed by atoms with van der Waals surface area (Å²) in [4.78, 5) is 18.5. The van der Waals surface area contributed by atoms with Crippen molar-refractivity contribution in [2.45, 2.75) is 19.0 Å². The van der Waals surface area contributed by atoms with Crippen molar-refractivity contribution in [3.05, 3.63) is 0 Å². The van der Waals surface area contributed by atoms with Crippen molar-refractivity contribution in [2.24, 2.45) is 0 Å². The fraction of sp³-hybridized carbons (Fsp3) is 1.00. The van der Waals surface area contributed by atoms with Crippen LogP contribution in [0, 0.1) is 0 Å². The van der Waals surface area contributed by atoms with Gasteiger partial charge < -0.3 is 9.47 Å². The van der Waals surface area contributed by atoms with Gasteiger partial charge in [0.15, 0.2) is 13.6 Å². The Kier molecular flexibility index (Phi) is 1.80. The third-order valence-corrected chi connectivity index (χ3v) is 1.47. The summed E-state index contributed by atoms with van der Waals surface area (Å²) in [6.45, 7) is 1.78. The van der Waals surface area contributed by atoms with E-state index in [2.05, 4.69) is 14.7 Å². The number of hydrogen-bond donors (Lipinski definition) is 0. The van der Waals surface area contributed by atoms with Gasteiger partial charge in [0.1, 0.15) is 0 Å². The molecule has 2 atom stereocenters. The zero-order valence-electron chi connectivity index (χ0n) is 5.94. The van der Waals surface area contributed by atoms with E-state index >= 15 is 0 Å². The summed E-state index contributed by atoms with van der Waals surface area (Å²) >= 11 is 0. The van der Waals surface area contributed by atoms with Gasteiger partial charge >= 0.3 is 0 Å². The van der Waals surface area contributed by atoms with Crippen LogP contribution >= 0.6 is 0 Å². The van der Waals surface area contributed by atoms with Gasteiger partial charge in [-0.15, -0.1) is 0 Å². The molecule has 2 aliphatic rings. The molecule has 2 saturated heterocycles. The van der Waals surface area contributed by atoms with E-state index in [0.717, 1.165) is 0 Å². The van der Waals surface area contributed by atoms with E-state index in [1.807, 2.05) is 0 Å². The van der Waals surface area contributed by atoms with Crippen LogP contribution in [0.25, 0.3) is 0 Å². The van der Waals surface area contributed by atoms with E-state index in [1.54, 1.807) is 6.92 Å². The molecule has 0 N–H and O–H groups in total. The highest BCUT2D eigenvalue weighted by atomic mass is 17.3. The van der Waals surface area contributed by atoms with Crippen molar-refractivity contribution < 1.29 is 29.0 Å². The summed E-state index contributed by atoms with van der Waals surface area (Å²) in [7, 11) is 0. The molecule has 0 aromatic heterocycles. The molecule has 64 valence electrons. The lowest BCUT2D eigenvalue weighted by atomic mass is 10.3. The second-order valence-electron chi connectivity index (χ2n) is 2.31. The molecule has 2 fully saturated rings. The van der Waals surface area contributed by atoms with Crippen LogP contribution in [-0.2, 0) is 29.0 Å². The molecule has 0 aromatic carbocycles. The molecule has 2 heterocycles. The fourth-order valence-corrected chi connectivity index (χ4v) is 0.859. The molecule has 0 radical (unpaired) electrons. The van der Waals surface area contributed by atoms with E-state index in [0.29, 0.717) is 0 Å². The van der Waals surface area contributed by atoms with Crippen LogP contribution in [0.2, 0.25) is 0 Å². The average Bonchev–Trinajstić information content (AvgIpc) is 2.55. The quantitative estimate of drug-likeness (QED) is 0.504. The average molecular weight is 164 g/mol. The molecule has 2 aliphatic heterocycles. The minimum absolute atomic E-state index is 0.0692. The molecule has 6 heteroatoms. The van der Waals surface area contributed by atoms with Gasteiger partial charge in [-0.2, -0.15) is 9.78 Å². The van der Waals surface area contributed by atoms with Crippen LogP contribution in [0.1, 0.15) is 6.92 Å². The fourth-order valence-electron chi connectivity index (χ4n) is 0.859. The minimum Gasteiger partial charge on any atom is -0.315 e. The normalized spacial score (nSPS) is 45.0. The lowest BCUT2D eigenvalue weighted by molar-refractivity contribution is -0.395. The molecule has 0 spiro atoms. The van der Waals surface area contributed by atoms with Crippen molar-refractivity contribution in [1.82, 2.24) is 0 Å². The Morgan fingerprint density at radius 1 is 1.27 bits per heavy atom. The van der Waals surface area contributed by atoms with E-state index in [-0.39, 0.29) is 13.6 Å². The highest BCUT2D eigenvalue weighted by Crippen LogP contribution is 2.28. The Bertz CT molecular complexity index is 136. The van der Waals surface area contributed by atoms with Crippen molar-refractivity contribution >= 4 is 0 Å². The maximum absolute atomic E-state index is 5.05. The number of rotatable bonds is 1. The first-order valence-electron chi connectivity index (χ1n) is 3.16. The summed E-state index contributed by atoms with van der Waals surface area (Å²) in [5.74, 6) is -1.02. The summed E-state index contributed by atoms with van der Waals surface area (Å²) in [6, 6.07) is 0. The molecule has 2 unspecified atom stereocenters. The Labute approximate surface area is 62.7 Å². The zero-order chi connectivity index (χ0) is 7.73. The topological polar surface area (TPSA) is 55.4 Å². The lowest BCUT2D eigenvalue weighted by Gasteiger charge is -2.21. The molecular weight excluding hydrogens is 156 g/mol. The maximum Gasteiger partial charge on any atom is 0.255 e. The van der Waals surface area contributed by atoms with Crippen LogP contribution in [0.15, 0.2) is 0 Å². The van der Waals surface area contributed by atoms with Crippen LogP contribution < -0.4 is 0 Å². The van der Waals surface area contributed by atoms with Gasteiger partial charge in [0.05, 0.1) is 0 Å². The van der Waals surface area contributed by atoms with Gasteiger partial charge in [-0.25, -0.2) is 9.78 Å². The van der Waals surface area contributed by atoms with Crippen LogP contribution in [-0.4, -0.2) is 25.7 Å². The van der Waals surface area contributed by atoms with Crippen LogP contribution in [0.5, 0.6) is 0 Å². The van der Waals surface area contributed by atoms with Crippen molar-refractivity contribution in [3.8, 4) is 0 Å². The Balaban J connectivity index is 2.00. The Hall–Kier alpha value is -0.240. The molecule has 0 amide bonds. The Morgan fingerprint density at radius 3 is 2.73 bits per heavy atom. The smallest absolute Gasteiger partial charge is 0.255 e. The monoisotopic (exact) mass is 164 g/mol. The van der Waals surface area contributed by atoms with E-state index in [1.165, 1.54) is 0 Å². The van der Waals surface area contributed by atoms with E-state index in [9.17, 15) is 0 Å². The zero-order valence-corrected chi connectivity index (χ0v) is 5.94. The predicted octanol–water partition coefficient (Wildman–Crippen LogP) is -0.0995. The highest BCUT2D eigenvalue weighted by molar-refractivity contribution is 4.67. The van der Waals surface area contributed by atoms with Crippen molar-refractivity contribution in [3.63, 3.8) is 0 Å². The third-order valence-electron chi connectivity index (χ3n) is 1.47. The molecule has 2 rings (SSSR count). The first-order chi connectivity index (χ1) is 5.31. The number of ether oxygens (including phenoxy) is 2. The van der Waals surface area contributed by atoms with Crippen LogP contribution in [0.4, 0.5) is 0 Å². The molecule has 0 bridgehead atoms. The first kappa shape index (κ1) is 7.41. The standard InChI is InChI=1S/C5H8O6/c1-5(7-3-9-11-5)4-6-2-8-10-4/h4H,2-3H2,1H3. The van der Waals surface area contributed by atoms with E-state index < -0.39 is 12.1 Å². The van der Waals surface area contributed by atoms with Gasteiger partial charge in [-0.05, 0) is 6.92 Å². The molecular formula is C5H8O6. The highest BCUT2D eigenvalue weighted by Gasteiger charge is 2.47. The van der Waals surface area contributed by atoms with Crippen molar-refractivity contribution in [2.75, 3.05) is 13.6 Å². The SMILES string of the molecule is CC1(C2OCOO2)OCOO1. The lowest BCUT2D eigenvalue weighted by Crippen LogP contribution is -2.40. The van der Waals surface area contributed by atoms with Crippen LogP contribution in [0.3, 0.4) is 0 Å². The Morgan fingerprint density at radius 2 is 2.18 bits per heavy atom. The van der Waals surface area contributed by atoms with Gasteiger partial charge in [0.25, 0.3) is 12.1 Å². The van der Waals surface area contributed by atoms with Gasteiger partial charge in [-0.3, -0.25) is 0 Å². The molecule has 11 heavy (non-hydrogen) atoms. The second-order valence-corrected chi connectivity index (χ2v) is 2.31. The van der Waals surface area contributed by atoms with Gasteiger partial charge in [0.2, 0.25) is 0 Å². The summed E-state index contributed by atoms with van der Waals surface area (Å²) < 4.78 is 10.0. The molecule has 6 nitrogen and oxygen atoms in total. The summed E-state index contributed by atoms with van der Waals surface area (Å²) in [5, 5.41) is 0. The second kappa shape index (κ2) is 2.67. The molecule has 0 aromatic rings. The molecule has 0 saturated carbocycles.